The molecule has 43 heavy (non-hydrogen) atoms. The first-order valence-electron chi connectivity index (χ1n) is 13.8. The van der Waals surface area contributed by atoms with E-state index >= 15 is 0 Å². The second-order valence-corrected chi connectivity index (χ2v) is 12.6. The van der Waals surface area contributed by atoms with E-state index < -0.39 is 28.2 Å². The number of fused-ring (bicyclic) bond motifs is 1. The molecule has 0 fully saturated rings. The molecule has 0 saturated heterocycles. The Morgan fingerprint density at radius 3 is 2.44 bits per heavy atom. The van der Waals surface area contributed by atoms with E-state index in [1.165, 1.54) is 18.7 Å². The maximum Gasteiger partial charge on any atom is 0.321 e. The standard InChI is InChI=1S/C28H38N6O8S/c1-15-12-34(16(2)14-35)25(36)11-21-10-22(32-43(38,39)27-18(4)31-42-20(27)6)8-9-23(21)40-24(15)13-33(7)28(37)29-26-17(3)30-41-19(26)5/h8-10,15-16,24,32,35H,11-14H2,1-7H3,(H,29,37)/t15-,16+,24-/m0/s1. The molecule has 1 aliphatic rings. The van der Waals surface area contributed by atoms with Crippen LogP contribution < -0.4 is 14.8 Å². The molecule has 14 nitrogen and oxygen atoms in total. The van der Waals surface area contributed by atoms with Crippen LogP contribution in [0.25, 0.3) is 0 Å². The number of aliphatic hydroxyl groups excluding tert-OH is 1. The smallest absolute Gasteiger partial charge is 0.321 e. The van der Waals surface area contributed by atoms with E-state index in [0.717, 1.165) is 0 Å². The first kappa shape index (κ1) is 31.8. The number of amides is 3. The van der Waals surface area contributed by atoms with Crippen LogP contribution in [0.1, 0.15) is 42.3 Å². The van der Waals surface area contributed by atoms with Crippen molar-refractivity contribution >= 4 is 33.3 Å². The lowest BCUT2D eigenvalue weighted by Gasteiger charge is -2.34. The zero-order valence-corrected chi connectivity index (χ0v) is 26.1. The summed E-state index contributed by atoms with van der Waals surface area (Å²) in [5.41, 5.74) is 1.93. The molecule has 234 valence electrons. The normalized spacial score (nSPS) is 18.1. The number of carbonyl (C=O) groups excluding carboxylic acids is 2. The average molecular weight is 619 g/mol. The maximum atomic E-state index is 13.5. The van der Waals surface area contributed by atoms with Crippen molar-refractivity contribution < 1.29 is 36.9 Å². The topological polar surface area (TPSA) is 180 Å². The first-order valence-corrected chi connectivity index (χ1v) is 15.3. The van der Waals surface area contributed by atoms with Gasteiger partial charge in [-0.15, -0.1) is 0 Å². The fraction of sp³-hybridized carbons (Fsp3) is 0.500. The Labute approximate surface area is 250 Å². The molecule has 0 spiro atoms. The number of nitrogens with one attached hydrogen (secondary N) is 2. The number of likely N-dealkylation sites (N-methyl/N-ethyl adjacent to an activating group) is 1. The maximum absolute atomic E-state index is 13.5. The molecular weight excluding hydrogens is 580 g/mol. The molecule has 3 heterocycles. The van der Waals surface area contributed by atoms with Crippen molar-refractivity contribution in [3.63, 3.8) is 0 Å². The SMILES string of the molecule is Cc1noc(C)c1NC(=O)N(C)C[C@@H]1Oc2ccc(NS(=O)(=O)c3c(C)noc3C)cc2CC(=O)N([C@H](C)CO)C[C@@H]1C. The van der Waals surface area contributed by atoms with Crippen LogP contribution in [0.5, 0.6) is 5.75 Å². The van der Waals surface area contributed by atoms with Gasteiger partial charge in [0.25, 0.3) is 10.0 Å². The third-order valence-electron chi connectivity index (χ3n) is 7.47. The van der Waals surface area contributed by atoms with E-state index in [4.69, 9.17) is 13.8 Å². The van der Waals surface area contributed by atoms with Crippen LogP contribution >= 0.6 is 0 Å². The van der Waals surface area contributed by atoms with Crippen LogP contribution in [0.2, 0.25) is 0 Å². The van der Waals surface area contributed by atoms with E-state index in [2.05, 4.69) is 20.4 Å². The third-order valence-corrected chi connectivity index (χ3v) is 9.10. The van der Waals surface area contributed by atoms with Crippen LogP contribution in [-0.4, -0.2) is 84.5 Å². The molecule has 3 aromatic rings. The van der Waals surface area contributed by atoms with Crippen molar-refractivity contribution in [2.24, 2.45) is 5.92 Å². The van der Waals surface area contributed by atoms with Gasteiger partial charge in [-0.2, -0.15) is 0 Å². The summed E-state index contributed by atoms with van der Waals surface area (Å²) in [5.74, 6) is 0.501. The predicted molar refractivity (Wildman–Crippen MR) is 156 cm³/mol. The molecule has 0 radical (unpaired) electrons. The summed E-state index contributed by atoms with van der Waals surface area (Å²) in [5, 5.41) is 20.3. The molecular formula is C28H38N6O8S. The van der Waals surface area contributed by atoms with Gasteiger partial charge >= 0.3 is 6.03 Å². The number of hydrogen-bond donors (Lipinski definition) is 3. The molecule has 0 saturated carbocycles. The Balaban J connectivity index is 1.64. The summed E-state index contributed by atoms with van der Waals surface area (Å²) < 4.78 is 45.4. The Morgan fingerprint density at radius 1 is 1.16 bits per heavy atom. The number of hydrogen-bond acceptors (Lipinski definition) is 10. The fourth-order valence-electron chi connectivity index (χ4n) is 4.99. The van der Waals surface area contributed by atoms with E-state index in [-0.39, 0.29) is 60.0 Å². The Morgan fingerprint density at radius 2 is 1.84 bits per heavy atom. The van der Waals surface area contributed by atoms with Crippen molar-refractivity contribution in [2.75, 3.05) is 36.8 Å². The number of aromatic nitrogens is 2. The molecule has 1 aromatic carbocycles. The van der Waals surface area contributed by atoms with Crippen LogP contribution in [0.15, 0.2) is 32.1 Å². The first-order chi connectivity index (χ1) is 20.2. The van der Waals surface area contributed by atoms with E-state index in [1.54, 1.807) is 50.9 Å². The largest absolute Gasteiger partial charge is 0.488 e. The second kappa shape index (κ2) is 12.6. The fourth-order valence-corrected chi connectivity index (χ4v) is 6.37. The number of carbonyl (C=O) groups is 2. The lowest BCUT2D eigenvalue weighted by molar-refractivity contribution is -0.134. The molecule has 3 atom stereocenters. The summed E-state index contributed by atoms with van der Waals surface area (Å²) in [4.78, 5) is 29.6. The monoisotopic (exact) mass is 618 g/mol. The van der Waals surface area contributed by atoms with Gasteiger partial charge in [-0.1, -0.05) is 17.2 Å². The van der Waals surface area contributed by atoms with Gasteiger partial charge in [-0.05, 0) is 52.8 Å². The van der Waals surface area contributed by atoms with Crippen molar-refractivity contribution in [2.45, 2.75) is 65.0 Å². The number of nitrogens with zero attached hydrogens (tertiary/aromatic N) is 4. The zero-order valence-electron chi connectivity index (χ0n) is 25.3. The summed E-state index contributed by atoms with van der Waals surface area (Å²) in [6.45, 7) is 10.3. The van der Waals surface area contributed by atoms with Gasteiger partial charge in [0, 0.05) is 30.8 Å². The highest BCUT2D eigenvalue weighted by Crippen LogP contribution is 2.31. The number of sulfonamides is 1. The van der Waals surface area contributed by atoms with Gasteiger partial charge in [0.2, 0.25) is 5.91 Å². The summed E-state index contributed by atoms with van der Waals surface area (Å²) in [7, 11) is -2.41. The molecule has 0 unspecified atom stereocenters. The van der Waals surface area contributed by atoms with Gasteiger partial charge in [-0.25, -0.2) is 13.2 Å². The molecule has 2 aromatic heterocycles. The Hall–Kier alpha value is -4.11. The van der Waals surface area contributed by atoms with Gasteiger partial charge < -0.3 is 34.0 Å². The lowest BCUT2D eigenvalue weighted by Crippen LogP contribution is -2.48. The highest BCUT2D eigenvalue weighted by molar-refractivity contribution is 7.92. The summed E-state index contributed by atoms with van der Waals surface area (Å²) >= 11 is 0. The third kappa shape index (κ3) is 6.94. The number of aliphatic hydroxyl groups is 1. The molecule has 3 amide bonds. The van der Waals surface area contributed by atoms with Crippen LogP contribution in [0.3, 0.4) is 0 Å². The highest BCUT2D eigenvalue weighted by Gasteiger charge is 2.32. The van der Waals surface area contributed by atoms with Crippen LogP contribution in [0.4, 0.5) is 16.2 Å². The highest BCUT2D eigenvalue weighted by atomic mass is 32.2. The van der Waals surface area contributed by atoms with Gasteiger partial charge in [0.1, 0.15) is 28.9 Å². The zero-order chi connectivity index (χ0) is 31.6. The number of urea groups is 1. The van der Waals surface area contributed by atoms with Gasteiger partial charge in [0.05, 0.1) is 25.6 Å². The second-order valence-electron chi connectivity index (χ2n) is 11.0. The number of rotatable bonds is 8. The van der Waals surface area contributed by atoms with Crippen LogP contribution in [0, 0.1) is 33.6 Å². The van der Waals surface area contributed by atoms with Gasteiger partial charge in [-0.3, -0.25) is 9.52 Å². The van der Waals surface area contributed by atoms with E-state index in [0.29, 0.717) is 28.5 Å². The quantitative estimate of drug-likeness (QED) is 0.340. The summed E-state index contributed by atoms with van der Waals surface area (Å²) in [6, 6.07) is 3.82. The Bertz CT molecular complexity index is 1560. The summed E-state index contributed by atoms with van der Waals surface area (Å²) in [6.07, 6.45) is -0.661. The molecule has 0 bridgehead atoms. The lowest BCUT2D eigenvalue weighted by atomic mass is 10.0. The minimum Gasteiger partial charge on any atom is -0.488 e. The van der Waals surface area contributed by atoms with Crippen molar-refractivity contribution in [1.82, 2.24) is 20.1 Å². The van der Waals surface area contributed by atoms with Crippen molar-refractivity contribution in [3.05, 3.63) is 46.7 Å². The molecule has 4 rings (SSSR count). The van der Waals surface area contributed by atoms with Crippen molar-refractivity contribution in [3.8, 4) is 5.75 Å². The van der Waals surface area contributed by atoms with Crippen molar-refractivity contribution in [1.29, 1.82) is 0 Å². The molecule has 15 heteroatoms. The van der Waals surface area contributed by atoms with Crippen LogP contribution in [-0.2, 0) is 21.2 Å². The minimum atomic E-state index is -4.03. The molecule has 3 N–H and O–H groups in total. The Kier molecular flexibility index (Phi) is 9.35. The average Bonchev–Trinajstić information content (AvgIpc) is 3.47. The number of ether oxygens (including phenoxy) is 1. The van der Waals surface area contributed by atoms with E-state index in [1.807, 2.05) is 6.92 Å². The number of benzene rings is 1. The van der Waals surface area contributed by atoms with Gasteiger partial charge in [0.15, 0.2) is 16.4 Å². The predicted octanol–water partition coefficient (Wildman–Crippen LogP) is 3.01. The number of aryl methyl sites for hydroxylation is 4. The minimum absolute atomic E-state index is 0.0573. The number of anilines is 2. The molecule has 0 aliphatic carbocycles. The van der Waals surface area contributed by atoms with E-state index in [9.17, 15) is 23.1 Å². The molecule has 1 aliphatic heterocycles.